The number of likely N-dealkylation sites (N-methyl/N-ethyl adjacent to an activating group) is 1. The molecule has 1 aromatic heterocycles. The number of hydrogen-bond donors (Lipinski definition) is 0. The lowest BCUT2D eigenvalue weighted by atomic mass is 10.0. The molecular formula is C21H26N4O. The second-order valence-electron chi connectivity index (χ2n) is 7.01. The Kier molecular flexibility index (Phi) is 4.89. The molecule has 26 heavy (non-hydrogen) atoms. The van der Waals surface area contributed by atoms with E-state index in [-0.39, 0.29) is 5.91 Å². The van der Waals surface area contributed by atoms with Gasteiger partial charge in [-0.05, 0) is 43.1 Å². The van der Waals surface area contributed by atoms with Crippen LogP contribution in [0.5, 0.6) is 0 Å². The first-order valence-electron chi connectivity index (χ1n) is 9.59. The van der Waals surface area contributed by atoms with Crippen LogP contribution in [0.2, 0.25) is 0 Å². The van der Waals surface area contributed by atoms with Crippen LogP contribution in [0.4, 0.5) is 11.4 Å². The quantitative estimate of drug-likeness (QED) is 0.853. The number of hydrogen-bond acceptors (Lipinski definition) is 4. The Morgan fingerprint density at radius 3 is 2.69 bits per heavy atom. The summed E-state index contributed by atoms with van der Waals surface area (Å²) in [7, 11) is 0. The number of para-hydroxylation sites is 1. The molecule has 0 N–H and O–H groups in total. The van der Waals surface area contributed by atoms with Gasteiger partial charge in [-0.25, -0.2) is 0 Å². The number of piperazine rings is 1. The lowest BCUT2D eigenvalue weighted by molar-refractivity contribution is 0.0637. The average Bonchev–Trinajstić information content (AvgIpc) is 2.73. The van der Waals surface area contributed by atoms with Crippen molar-refractivity contribution in [3.63, 3.8) is 0 Å². The number of fused-ring (bicyclic) bond motifs is 1. The van der Waals surface area contributed by atoms with Crippen molar-refractivity contribution >= 4 is 17.3 Å². The van der Waals surface area contributed by atoms with E-state index in [2.05, 4.69) is 46.0 Å². The largest absolute Gasteiger partial charge is 0.341 e. The molecule has 5 heteroatoms. The van der Waals surface area contributed by atoms with Gasteiger partial charge in [0.1, 0.15) is 5.69 Å². The molecule has 0 aliphatic carbocycles. The molecule has 1 fully saturated rings. The third-order valence-electron chi connectivity index (χ3n) is 5.49. The molecule has 2 aromatic rings. The minimum absolute atomic E-state index is 0.0490. The molecule has 2 aliphatic heterocycles. The van der Waals surface area contributed by atoms with E-state index in [1.807, 2.05) is 17.0 Å². The van der Waals surface area contributed by atoms with Crippen LogP contribution in [0.1, 0.15) is 29.4 Å². The molecule has 4 rings (SSSR count). The van der Waals surface area contributed by atoms with E-state index in [9.17, 15) is 4.79 Å². The Hall–Kier alpha value is -2.40. The average molecular weight is 350 g/mol. The Labute approximate surface area is 155 Å². The maximum absolute atomic E-state index is 12.9. The summed E-state index contributed by atoms with van der Waals surface area (Å²) in [6.07, 6.45) is 4.01. The summed E-state index contributed by atoms with van der Waals surface area (Å²) in [4.78, 5) is 23.9. The molecule has 0 spiro atoms. The number of nitrogens with zero attached hydrogens (tertiary/aromatic N) is 4. The van der Waals surface area contributed by atoms with E-state index in [1.165, 1.54) is 11.3 Å². The Balaban J connectivity index is 1.55. The van der Waals surface area contributed by atoms with Crippen LogP contribution < -0.4 is 4.90 Å². The number of amides is 1. The van der Waals surface area contributed by atoms with Gasteiger partial charge in [0.05, 0.1) is 0 Å². The number of anilines is 2. The van der Waals surface area contributed by atoms with Gasteiger partial charge in [-0.2, -0.15) is 0 Å². The van der Waals surface area contributed by atoms with E-state index in [0.29, 0.717) is 5.69 Å². The number of pyridine rings is 1. The molecule has 0 saturated carbocycles. The Morgan fingerprint density at radius 1 is 1.08 bits per heavy atom. The minimum atomic E-state index is 0.0490. The van der Waals surface area contributed by atoms with Gasteiger partial charge in [-0.15, -0.1) is 0 Å². The fraction of sp³-hybridized carbons (Fsp3) is 0.429. The van der Waals surface area contributed by atoms with Crippen molar-refractivity contribution in [1.29, 1.82) is 0 Å². The molecular weight excluding hydrogens is 324 g/mol. The van der Waals surface area contributed by atoms with Crippen molar-refractivity contribution in [1.82, 2.24) is 14.8 Å². The van der Waals surface area contributed by atoms with Gasteiger partial charge in [0.2, 0.25) is 0 Å². The molecule has 1 amide bonds. The fourth-order valence-corrected chi connectivity index (χ4v) is 3.94. The minimum Gasteiger partial charge on any atom is -0.341 e. The van der Waals surface area contributed by atoms with Gasteiger partial charge < -0.3 is 14.7 Å². The standard InChI is InChI=1S/C21H26N4O/c1-2-23-12-14-24(15-13-23)21(26)19-16-18(9-10-22-19)25-11-5-7-17-6-3-4-8-20(17)25/h3-4,6,8-10,16H,2,5,7,11-15H2,1H3. The summed E-state index contributed by atoms with van der Waals surface area (Å²) in [6.45, 7) is 7.64. The maximum Gasteiger partial charge on any atom is 0.272 e. The van der Waals surface area contributed by atoms with Crippen LogP contribution in [0.3, 0.4) is 0 Å². The van der Waals surface area contributed by atoms with E-state index in [0.717, 1.165) is 57.8 Å². The van der Waals surface area contributed by atoms with Crippen LogP contribution >= 0.6 is 0 Å². The van der Waals surface area contributed by atoms with Crippen LogP contribution in [-0.4, -0.2) is 60.0 Å². The smallest absolute Gasteiger partial charge is 0.272 e. The van der Waals surface area contributed by atoms with Crippen LogP contribution in [0.25, 0.3) is 0 Å². The zero-order valence-electron chi connectivity index (χ0n) is 15.4. The molecule has 2 aliphatic rings. The molecule has 3 heterocycles. The first-order chi connectivity index (χ1) is 12.8. The molecule has 136 valence electrons. The highest BCUT2D eigenvalue weighted by molar-refractivity contribution is 5.93. The van der Waals surface area contributed by atoms with Gasteiger partial charge in [-0.1, -0.05) is 25.1 Å². The van der Waals surface area contributed by atoms with Crippen LogP contribution in [0.15, 0.2) is 42.6 Å². The number of rotatable bonds is 3. The Bertz CT molecular complexity index is 783. The Morgan fingerprint density at radius 2 is 1.88 bits per heavy atom. The molecule has 5 nitrogen and oxygen atoms in total. The van der Waals surface area contributed by atoms with Crippen molar-refractivity contribution in [3.05, 3.63) is 53.9 Å². The summed E-state index contributed by atoms with van der Waals surface area (Å²) in [5.41, 5.74) is 4.23. The summed E-state index contributed by atoms with van der Waals surface area (Å²) in [5, 5.41) is 0. The number of aryl methyl sites for hydroxylation is 1. The van der Waals surface area contributed by atoms with Crippen molar-refractivity contribution in [3.8, 4) is 0 Å². The highest BCUT2D eigenvalue weighted by atomic mass is 16.2. The molecule has 1 saturated heterocycles. The summed E-state index contributed by atoms with van der Waals surface area (Å²) >= 11 is 0. The van der Waals surface area contributed by atoms with Gasteiger partial charge >= 0.3 is 0 Å². The van der Waals surface area contributed by atoms with Gasteiger partial charge in [-0.3, -0.25) is 9.78 Å². The van der Waals surface area contributed by atoms with E-state index >= 15 is 0 Å². The van der Waals surface area contributed by atoms with Crippen molar-refractivity contribution in [2.75, 3.05) is 44.2 Å². The van der Waals surface area contributed by atoms with Crippen molar-refractivity contribution in [2.45, 2.75) is 19.8 Å². The molecule has 0 unspecified atom stereocenters. The second kappa shape index (κ2) is 7.46. The number of carbonyl (C=O) groups is 1. The third-order valence-corrected chi connectivity index (χ3v) is 5.49. The first kappa shape index (κ1) is 17.0. The number of aromatic nitrogens is 1. The zero-order valence-corrected chi connectivity index (χ0v) is 15.4. The lowest BCUT2D eigenvalue weighted by Crippen LogP contribution is -2.48. The van der Waals surface area contributed by atoms with E-state index in [1.54, 1.807) is 6.20 Å². The molecule has 1 aromatic carbocycles. The van der Waals surface area contributed by atoms with Crippen molar-refractivity contribution in [2.24, 2.45) is 0 Å². The zero-order chi connectivity index (χ0) is 17.9. The summed E-state index contributed by atoms with van der Waals surface area (Å²) in [5.74, 6) is 0.0490. The van der Waals surface area contributed by atoms with Crippen molar-refractivity contribution < 1.29 is 4.79 Å². The third kappa shape index (κ3) is 3.31. The summed E-state index contributed by atoms with van der Waals surface area (Å²) in [6, 6.07) is 12.5. The highest BCUT2D eigenvalue weighted by Crippen LogP contribution is 2.33. The predicted molar refractivity (Wildman–Crippen MR) is 104 cm³/mol. The normalized spacial score (nSPS) is 17.9. The number of benzene rings is 1. The lowest BCUT2D eigenvalue weighted by Gasteiger charge is -2.34. The van der Waals surface area contributed by atoms with Gasteiger partial charge in [0.15, 0.2) is 0 Å². The topological polar surface area (TPSA) is 39.7 Å². The predicted octanol–water partition coefficient (Wildman–Crippen LogP) is 2.94. The highest BCUT2D eigenvalue weighted by Gasteiger charge is 2.24. The molecule has 0 bridgehead atoms. The van der Waals surface area contributed by atoms with Gasteiger partial charge in [0.25, 0.3) is 5.91 Å². The SMILES string of the molecule is CCN1CCN(C(=O)c2cc(N3CCCc4ccccc43)ccn2)CC1. The molecule has 0 radical (unpaired) electrons. The van der Waals surface area contributed by atoms with Crippen LogP contribution in [0, 0.1) is 0 Å². The summed E-state index contributed by atoms with van der Waals surface area (Å²) < 4.78 is 0. The first-order valence-corrected chi connectivity index (χ1v) is 9.59. The maximum atomic E-state index is 12.9. The number of carbonyl (C=O) groups excluding carboxylic acids is 1. The van der Waals surface area contributed by atoms with Crippen LogP contribution in [-0.2, 0) is 6.42 Å². The van der Waals surface area contributed by atoms with E-state index < -0.39 is 0 Å². The van der Waals surface area contributed by atoms with Gasteiger partial charge in [0, 0.05) is 50.3 Å². The fourth-order valence-electron chi connectivity index (χ4n) is 3.94. The molecule has 0 atom stereocenters. The second-order valence-corrected chi connectivity index (χ2v) is 7.01. The van der Waals surface area contributed by atoms with E-state index in [4.69, 9.17) is 0 Å². The monoisotopic (exact) mass is 350 g/mol.